The number of carboxylic acids is 1. The molecule has 0 bridgehead atoms. The Labute approximate surface area is 172 Å². The maximum Gasteiger partial charge on any atom is 0.335 e. The molecule has 0 spiro atoms. The summed E-state index contributed by atoms with van der Waals surface area (Å²) < 4.78 is 7.53. The quantitative estimate of drug-likeness (QED) is 0.479. The van der Waals surface area contributed by atoms with Crippen molar-refractivity contribution in [1.29, 1.82) is 0 Å². The largest absolute Gasteiger partial charge is 0.478 e. The third kappa shape index (κ3) is 3.16. The maximum absolute atomic E-state index is 12.7. The highest BCUT2D eigenvalue weighted by atomic mass is 32.1. The summed E-state index contributed by atoms with van der Waals surface area (Å²) in [5.74, 6) is 0.562. The zero-order valence-corrected chi connectivity index (χ0v) is 16.0. The molecule has 4 heterocycles. The number of fused-ring (bicyclic) bond motifs is 1. The molecule has 1 aromatic carbocycles. The van der Waals surface area contributed by atoms with Gasteiger partial charge >= 0.3 is 5.97 Å². The van der Waals surface area contributed by atoms with Gasteiger partial charge in [-0.2, -0.15) is 9.50 Å². The van der Waals surface area contributed by atoms with E-state index >= 15 is 0 Å². The topological polar surface area (TPSA) is 111 Å². The predicted molar refractivity (Wildman–Crippen MR) is 110 cm³/mol. The van der Waals surface area contributed by atoms with Crippen LogP contribution in [0.3, 0.4) is 0 Å². The lowest BCUT2D eigenvalue weighted by molar-refractivity contribution is 0.0697. The molecule has 146 valence electrons. The highest BCUT2D eigenvalue weighted by Crippen LogP contribution is 2.23. The fourth-order valence-corrected chi connectivity index (χ4v) is 3.84. The first-order valence-corrected chi connectivity index (χ1v) is 9.65. The Bertz CT molecular complexity index is 1480. The summed E-state index contributed by atoms with van der Waals surface area (Å²) in [4.78, 5) is 32.5. The van der Waals surface area contributed by atoms with E-state index in [1.54, 1.807) is 54.9 Å². The normalized spacial score (nSPS) is 11.9. The Morgan fingerprint density at radius 3 is 2.50 bits per heavy atom. The van der Waals surface area contributed by atoms with Gasteiger partial charge < -0.3 is 9.52 Å². The predicted octanol–water partition coefficient (Wildman–Crippen LogP) is 2.72. The molecule has 9 heteroatoms. The Hall–Kier alpha value is -4.11. The third-order valence-electron chi connectivity index (χ3n) is 4.44. The SMILES string of the molecule is O=C(O)c1ccc(-c2ccc(/C=c3\sc4nc(-c5ccncc5)nn4c3=O)o2)cc1. The van der Waals surface area contributed by atoms with Crippen molar-refractivity contribution in [1.82, 2.24) is 19.6 Å². The number of carboxylic acid groups (broad SMARTS) is 1. The summed E-state index contributed by atoms with van der Waals surface area (Å²) in [6.07, 6.45) is 4.93. The van der Waals surface area contributed by atoms with Gasteiger partial charge in [0.25, 0.3) is 5.56 Å². The average Bonchev–Trinajstić information content (AvgIpc) is 3.47. The zero-order valence-electron chi connectivity index (χ0n) is 15.2. The van der Waals surface area contributed by atoms with Gasteiger partial charge in [0.1, 0.15) is 16.1 Å². The van der Waals surface area contributed by atoms with Crippen LogP contribution in [0.2, 0.25) is 0 Å². The van der Waals surface area contributed by atoms with Gasteiger partial charge in [-0.15, -0.1) is 5.10 Å². The van der Waals surface area contributed by atoms with Crippen LogP contribution < -0.4 is 10.1 Å². The molecule has 5 aromatic rings. The van der Waals surface area contributed by atoms with E-state index in [1.165, 1.54) is 28.0 Å². The Morgan fingerprint density at radius 1 is 1.03 bits per heavy atom. The monoisotopic (exact) mass is 416 g/mol. The van der Waals surface area contributed by atoms with Crippen LogP contribution in [0.15, 0.2) is 70.1 Å². The van der Waals surface area contributed by atoms with Gasteiger partial charge in [0.05, 0.1) is 5.56 Å². The highest BCUT2D eigenvalue weighted by molar-refractivity contribution is 7.15. The number of aromatic carboxylic acids is 1. The summed E-state index contributed by atoms with van der Waals surface area (Å²) in [7, 11) is 0. The lowest BCUT2D eigenvalue weighted by Crippen LogP contribution is -2.23. The van der Waals surface area contributed by atoms with Crippen LogP contribution in [0, 0.1) is 0 Å². The number of hydrogen-bond acceptors (Lipinski definition) is 7. The molecule has 30 heavy (non-hydrogen) atoms. The van der Waals surface area contributed by atoms with E-state index in [0.29, 0.717) is 26.8 Å². The summed E-state index contributed by atoms with van der Waals surface area (Å²) in [6, 6.07) is 13.5. The number of thiazole rings is 1. The number of benzene rings is 1. The fourth-order valence-electron chi connectivity index (χ4n) is 2.95. The second-order valence-electron chi connectivity index (χ2n) is 6.37. The standard InChI is InChI=1S/C21H12N4O4S/c26-19-17(30-21-23-18(24-25(19)21)13-7-9-22-10-8-13)11-15-5-6-16(29-15)12-1-3-14(4-2-12)20(27)28/h1-11H,(H,27,28)/b17-11-. The Balaban J connectivity index is 1.48. The molecule has 0 aliphatic heterocycles. The Kier molecular flexibility index (Phi) is 4.22. The number of furan rings is 1. The molecule has 0 radical (unpaired) electrons. The fraction of sp³-hybridized carbons (Fsp3) is 0. The van der Waals surface area contributed by atoms with Crippen LogP contribution in [0.1, 0.15) is 16.1 Å². The number of aromatic nitrogens is 4. The van der Waals surface area contributed by atoms with Crippen LogP contribution >= 0.6 is 11.3 Å². The number of carbonyl (C=O) groups is 1. The molecule has 5 rings (SSSR count). The molecule has 0 saturated carbocycles. The number of pyridine rings is 1. The van der Waals surface area contributed by atoms with E-state index in [2.05, 4.69) is 15.1 Å². The molecule has 0 saturated heterocycles. The lowest BCUT2D eigenvalue weighted by atomic mass is 10.1. The molecule has 0 aliphatic carbocycles. The van der Waals surface area contributed by atoms with Crippen molar-refractivity contribution in [2.75, 3.05) is 0 Å². The molecule has 1 N–H and O–H groups in total. The van der Waals surface area contributed by atoms with Crippen LogP contribution in [-0.4, -0.2) is 30.7 Å². The molecule has 0 fully saturated rings. The molecule has 0 atom stereocenters. The van der Waals surface area contributed by atoms with Crippen LogP contribution in [0.25, 0.3) is 33.7 Å². The number of hydrogen-bond donors (Lipinski definition) is 1. The number of rotatable bonds is 4. The lowest BCUT2D eigenvalue weighted by Gasteiger charge is -1.98. The van der Waals surface area contributed by atoms with Crippen LogP contribution in [0.4, 0.5) is 0 Å². The second-order valence-corrected chi connectivity index (χ2v) is 7.38. The minimum absolute atomic E-state index is 0.202. The van der Waals surface area contributed by atoms with Crippen molar-refractivity contribution in [3.05, 3.63) is 87.1 Å². The van der Waals surface area contributed by atoms with Crippen LogP contribution in [-0.2, 0) is 0 Å². The summed E-state index contributed by atoms with van der Waals surface area (Å²) in [5.41, 5.74) is 1.46. The summed E-state index contributed by atoms with van der Waals surface area (Å²) >= 11 is 1.22. The molecule has 0 amide bonds. The molecular weight excluding hydrogens is 404 g/mol. The summed E-state index contributed by atoms with van der Waals surface area (Å²) in [6.45, 7) is 0. The molecule has 8 nitrogen and oxygen atoms in total. The van der Waals surface area contributed by atoms with E-state index in [4.69, 9.17) is 9.52 Å². The minimum Gasteiger partial charge on any atom is -0.478 e. The van der Waals surface area contributed by atoms with Crippen LogP contribution in [0.5, 0.6) is 0 Å². The van der Waals surface area contributed by atoms with Gasteiger partial charge in [-0.1, -0.05) is 23.5 Å². The first-order chi connectivity index (χ1) is 14.6. The molecule has 4 aromatic heterocycles. The van der Waals surface area contributed by atoms with E-state index in [-0.39, 0.29) is 11.1 Å². The highest BCUT2D eigenvalue weighted by Gasteiger charge is 2.12. The summed E-state index contributed by atoms with van der Waals surface area (Å²) in [5, 5.41) is 13.3. The average molecular weight is 416 g/mol. The minimum atomic E-state index is -0.985. The van der Waals surface area contributed by atoms with Gasteiger partial charge in [-0.05, 0) is 36.4 Å². The van der Waals surface area contributed by atoms with Crippen molar-refractivity contribution in [3.63, 3.8) is 0 Å². The molecule has 0 aliphatic rings. The smallest absolute Gasteiger partial charge is 0.335 e. The van der Waals surface area contributed by atoms with Crippen molar-refractivity contribution in [2.45, 2.75) is 0 Å². The van der Waals surface area contributed by atoms with E-state index in [9.17, 15) is 9.59 Å². The third-order valence-corrected chi connectivity index (χ3v) is 5.40. The Morgan fingerprint density at radius 2 is 1.80 bits per heavy atom. The van der Waals surface area contributed by atoms with Gasteiger partial charge in [-0.3, -0.25) is 9.78 Å². The van der Waals surface area contributed by atoms with Gasteiger partial charge in [0.2, 0.25) is 4.96 Å². The second kappa shape index (κ2) is 7.05. The molecular formula is C21H12N4O4S. The number of nitrogens with zero attached hydrogens (tertiary/aromatic N) is 4. The van der Waals surface area contributed by atoms with Crippen molar-refractivity contribution >= 4 is 28.3 Å². The first-order valence-electron chi connectivity index (χ1n) is 8.84. The van der Waals surface area contributed by atoms with E-state index in [1.807, 2.05) is 0 Å². The zero-order chi connectivity index (χ0) is 20.7. The van der Waals surface area contributed by atoms with Crippen molar-refractivity contribution < 1.29 is 14.3 Å². The van der Waals surface area contributed by atoms with Gasteiger partial charge in [-0.25, -0.2) is 4.79 Å². The van der Waals surface area contributed by atoms with Gasteiger partial charge in [0.15, 0.2) is 5.82 Å². The van der Waals surface area contributed by atoms with Crippen molar-refractivity contribution in [2.24, 2.45) is 0 Å². The first kappa shape index (κ1) is 18.0. The maximum atomic E-state index is 12.7. The van der Waals surface area contributed by atoms with Gasteiger partial charge in [0, 0.05) is 29.6 Å². The molecule has 0 unspecified atom stereocenters. The van der Waals surface area contributed by atoms with E-state index < -0.39 is 5.97 Å². The van der Waals surface area contributed by atoms with E-state index in [0.717, 1.165) is 11.1 Å². The van der Waals surface area contributed by atoms with Crippen molar-refractivity contribution in [3.8, 4) is 22.7 Å².